The Labute approximate surface area is 144 Å². The van der Waals surface area contributed by atoms with Crippen molar-refractivity contribution in [1.82, 2.24) is 5.32 Å². The first kappa shape index (κ1) is 19.1. The maximum atomic E-state index is 12.9. The van der Waals surface area contributed by atoms with Crippen molar-refractivity contribution in [3.05, 3.63) is 29.8 Å². The van der Waals surface area contributed by atoms with Gasteiger partial charge in [-0.25, -0.2) is 4.79 Å². The lowest BCUT2D eigenvalue weighted by Gasteiger charge is -2.32. The molecule has 0 saturated carbocycles. The quantitative estimate of drug-likeness (QED) is 0.876. The summed E-state index contributed by atoms with van der Waals surface area (Å²) >= 11 is 0. The van der Waals surface area contributed by atoms with Crippen LogP contribution in [0.3, 0.4) is 0 Å². The van der Waals surface area contributed by atoms with Crippen molar-refractivity contribution in [2.75, 3.05) is 11.4 Å². The number of amides is 2. The van der Waals surface area contributed by atoms with E-state index in [1.54, 1.807) is 20.8 Å². The highest BCUT2D eigenvalue weighted by molar-refractivity contribution is 5.98. The minimum Gasteiger partial charge on any atom is -0.436 e. The fraction of sp³-hybridized carbons (Fsp3) is 0.529. The van der Waals surface area contributed by atoms with Gasteiger partial charge in [0.15, 0.2) is 6.10 Å². The molecule has 0 aliphatic carbocycles. The van der Waals surface area contributed by atoms with E-state index >= 15 is 0 Å². The van der Waals surface area contributed by atoms with Gasteiger partial charge in [-0.15, -0.1) is 0 Å². The van der Waals surface area contributed by atoms with Crippen LogP contribution in [0.4, 0.5) is 23.7 Å². The van der Waals surface area contributed by atoms with Gasteiger partial charge < -0.3 is 15.0 Å². The number of carbonyl (C=O) groups is 2. The number of benzene rings is 1. The van der Waals surface area contributed by atoms with Gasteiger partial charge in [-0.05, 0) is 51.8 Å². The number of hydrogen-bond acceptors (Lipinski definition) is 3. The minimum absolute atomic E-state index is 0.143. The van der Waals surface area contributed by atoms with Crippen LogP contribution in [0.5, 0.6) is 0 Å². The summed E-state index contributed by atoms with van der Waals surface area (Å²) in [6.45, 7) is 5.59. The van der Waals surface area contributed by atoms with Crippen LogP contribution in [0.25, 0.3) is 0 Å². The van der Waals surface area contributed by atoms with E-state index in [9.17, 15) is 22.8 Å². The molecule has 8 heteroatoms. The zero-order chi connectivity index (χ0) is 18.8. The molecule has 1 aliphatic rings. The van der Waals surface area contributed by atoms with E-state index in [2.05, 4.69) is 5.32 Å². The summed E-state index contributed by atoms with van der Waals surface area (Å²) in [7, 11) is 0. The Morgan fingerprint density at radius 1 is 1.28 bits per heavy atom. The first-order valence-corrected chi connectivity index (χ1v) is 7.95. The third-order valence-corrected chi connectivity index (χ3v) is 3.60. The van der Waals surface area contributed by atoms with Gasteiger partial charge in [-0.3, -0.25) is 4.79 Å². The predicted octanol–water partition coefficient (Wildman–Crippen LogP) is 3.73. The van der Waals surface area contributed by atoms with Crippen LogP contribution in [-0.4, -0.2) is 30.2 Å². The lowest BCUT2D eigenvalue weighted by molar-refractivity contribution is -0.137. The highest BCUT2D eigenvalue weighted by Gasteiger charge is 2.35. The molecule has 1 N–H and O–H groups in total. The van der Waals surface area contributed by atoms with Gasteiger partial charge in [0, 0.05) is 17.8 Å². The average Bonchev–Trinajstić information content (AvgIpc) is 2.47. The molecule has 1 fully saturated rings. The minimum atomic E-state index is -4.49. The fourth-order valence-corrected chi connectivity index (χ4v) is 2.52. The smallest absolute Gasteiger partial charge is 0.416 e. The summed E-state index contributed by atoms with van der Waals surface area (Å²) in [6, 6.07) is 4.56. The van der Waals surface area contributed by atoms with Crippen LogP contribution in [0, 0.1) is 0 Å². The van der Waals surface area contributed by atoms with Crippen LogP contribution >= 0.6 is 0 Å². The number of ether oxygens (including phenoxy) is 1. The van der Waals surface area contributed by atoms with Crippen LogP contribution < -0.4 is 10.2 Å². The zero-order valence-electron chi connectivity index (χ0n) is 14.3. The van der Waals surface area contributed by atoms with Crippen molar-refractivity contribution in [2.24, 2.45) is 0 Å². The van der Waals surface area contributed by atoms with Gasteiger partial charge >= 0.3 is 12.3 Å². The number of piperidine rings is 1. The molecule has 1 unspecified atom stereocenters. The number of alkyl halides is 3. The lowest BCUT2D eigenvalue weighted by atomic mass is 10.1. The summed E-state index contributed by atoms with van der Waals surface area (Å²) in [5.74, 6) is -0.519. The van der Waals surface area contributed by atoms with Crippen molar-refractivity contribution < 1.29 is 27.5 Å². The van der Waals surface area contributed by atoms with Gasteiger partial charge in [0.1, 0.15) is 0 Å². The number of nitrogens with one attached hydrogen (secondary N) is 1. The molecule has 1 heterocycles. The first-order valence-electron chi connectivity index (χ1n) is 7.95. The van der Waals surface area contributed by atoms with E-state index in [0.29, 0.717) is 12.8 Å². The van der Waals surface area contributed by atoms with Crippen molar-refractivity contribution in [2.45, 2.75) is 51.4 Å². The normalized spacial score (nSPS) is 18.9. The molecule has 25 heavy (non-hydrogen) atoms. The molecule has 2 amide bonds. The molecule has 0 bridgehead atoms. The highest BCUT2D eigenvalue weighted by Crippen LogP contribution is 2.32. The SMILES string of the molecule is CC(C)(C)NC(=O)OC1CCCN(c2cccc(C(F)(F)F)c2)C1=O. The van der Waals surface area contributed by atoms with E-state index in [0.717, 1.165) is 12.1 Å². The molecule has 1 atom stereocenters. The van der Waals surface area contributed by atoms with Crippen LogP contribution in [-0.2, 0) is 15.7 Å². The topological polar surface area (TPSA) is 58.6 Å². The number of carbonyl (C=O) groups excluding carboxylic acids is 2. The first-order chi connectivity index (χ1) is 11.5. The Kier molecular flexibility index (Phi) is 5.29. The maximum absolute atomic E-state index is 12.9. The second kappa shape index (κ2) is 6.93. The number of halogens is 3. The van der Waals surface area contributed by atoms with Crippen LogP contribution in [0.2, 0.25) is 0 Å². The highest BCUT2D eigenvalue weighted by atomic mass is 19.4. The largest absolute Gasteiger partial charge is 0.436 e. The molecule has 0 spiro atoms. The zero-order valence-corrected chi connectivity index (χ0v) is 14.3. The van der Waals surface area contributed by atoms with Gasteiger partial charge in [0.05, 0.1) is 5.56 Å². The number of anilines is 1. The van der Waals surface area contributed by atoms with Crippen molar-refractivity contribution in [3.63, 3.8) is 0 Å². The molecule has 1 aromatic carbocycles. The summed E-state index contributed by atoms with van der Waals surface area (Å²) in [5, 5.41) is 2.59. The van der Waals surface area contributed by atoms with Crippen molar-refractivity contribution in [1.29, 1.82) is 0 Å². The second-order valence-electron chi connectivity index (χ2n) is 6.95. The average molecular weight is 358 g/mol. The Morgan fingerprint density at radius 2 is 1.96 bits per heavy atom. The Morgan fingerprint density at radius 3 is 2.56 bits per heavy atom. The molecule has 0 radical (unpaired) electrons. The van der Waals surface area contributed by atoms with Gasteiger partial charge in [0.25, 0.3) is 5.91 Å². The third-order valence-electron chi connectivity index (χ3n) is 3.60. The number of hydrogen-bond donors (Lipinski definition) is 1. The summed E-state index contributed by atoms with van der Waals surface area (Å²) < 4.78 is 43.7. The summed E-state index contributed by atoms with van der Waals surface area (Å²) in [6.07, 6.45) is -5.36. The molecule has 1 aromatic rings. The third kappa shape index (κ3) is 5.11. The second-order valence-corrected chi connectivity index (χ2v) is 6.95. The fourth-order valence-electron chi connectivity index (χ4n) is 2.52. The number of nitrogens with zero attached hydrogens (tertiary/aromatic N) is 1. The van der Waals surface area contributed by atoms with E-state index < -0.39 is 35.4 Å². The van der Waals surface area contributed by atoms with Crippen LogP contribution in [0.1, 0.15) is 39.2 Å². The number of rotatable bonds is 2. The van der Waals surface area contributed by atoms with E-state index in [1.165, 1.54) is 17.0 Å². The van der Waals surface area contributed by atoms with Gasteiger partial charge in [-0.1, -0.05) is 6.07 Å². The van der Waals surface area contributed by atoms with E-state index in [-0.39, 0.29) is 12.2 Å². The standard InChI is InChI=1S/C17H21F3N2O3/c1-16(2,3)21-15(24)25-13-8-5-9-22(14(13)23)12-7-4-6-11(10-12)17(18,19)20/h4,6-7,10,13H,5,8-9H2,1-3H3,(H,21,24). The molecule has 1 aliphatic heterocycles. The Balaban J connectivity index is 2.13. The molecule has 1 saturated heterocycles. The molecule has 2 rings (SSSR count). The summed E-state index contributed by atoms with van der Waals surface area (Å²) in [5.41, 5.74) is -1.20. The Bertz CT molecular complexity index is 653. The Hall–Kier alpha value is -2.25. The maximum Gasteiger partial charge on any atom is 0.416 e. The molecular weight excluding hydrogens is 337 g/mol. The van der Waals surface area contributed by atoms with E-state index in [4.69, 9.17) is 4.74 Å². The molecule has 0 aromatic heterocycles. The van der Waals surface area contributed by atoms with Crippen molar-refractivity contribution in [3.8, 4) is 0 Å². The van der Waals surface area contributed by atoms with Crippen molar-refractivity contribution >= 4 is 17.7 Å². The van der Waals surface area contributed by atoms with Gasteiger partial charge in [0.2, 0.25) is 0 Å². The lowest BCUT2D eigenvalue weighted by Crippen LogP contribution is -2.49. The van der Waals surface area contributed by atoms with Crippen LogP contribution in [0.15, 0.2) is 24.3 Å². The van der Waals surface area contributed by atoms with E-state index in [1.807, 2.05) is 0 Å². The monoisotopic (exact) mass is 358 g/mol. The van der Waals surface area contributed by atoms with Gasteiger partial charge in [-0.2, -0.15) is 13.2 Å². The predicted molar refractivity (Wildman–Crippen MR) is 86.2 cm³/mol. The summed E-state index contributed by atoms with van der Waals surface area (Å²) in [4.78, 5) is 25.6. The number of alkyl carbamates (subject to hydrolysis) is 1. The molecule has 138 valence electrons. The molecule has 5 nitrogen and oxygen atoms in total. The molecular formula is C17H21F3N2O3.